The largest absolute Gasteiger partial charge is 0.355 e. The van der Waals surface area contributed by atoms with E-state index in [1.807, 2.05) is 24.3 Å². The SMILES string of the molecule is O=C(NCCSCc1cccc(Cl)c1)C1CCN(S(=O)(=O)Cc2ccc(Cl)cc2Cl)CC1. The van der Waals surface area contributed by atoms with E-state index >= 15 is 0 Å². The van der Waals surface area contributed by atoms with Crippen molar-refractivity contribution in [2.24, 2.45) is 5.92 Å². The summed E-state index contributed by atoms with van der Waals surface area (Å²) in [5.41, 5.74) is 1.67. The molecule has 1 saturated heterocycles. The van der Waals surface area contributed by atoms with E-state index in [2.05, 4.69) is 5.32 Å². The van der Waals surface area contributed by atoms with Gasteiger partial charge in [-0.3, -0.25) is 4.79 Å². The molecule has 0 atom stereocenters. The second-order valence-corrected chi connectivity index (χ2v) is 12.0. The normalized spacial score (nSPS) is 15.6. The summed E-state index contributed by atoms with van der Waals surface area (Å²) in [5.74, 6) is 1.28. The Morgan fingerprint density at radius 3 is 2.47 bits per heavy atom. The number of hydrogen-bond acceptors (Lipinski definition) is 4. The van der Waals surface area contributed by atoms with Gasteiger partial charge in [0.1, 0.15) is 0 Å². The fraction of sp³-hybridized carbons (Fsp3) is 0.409. The van der Waals surface area contributed by atoms with Crippen molar-refractivity contribution >= 4 is 62.5 Å². The lowest BCUT2D eigenvalue weighted by Crippen LogP contribution is -2.43. The molecule has 0 bridgehead atoms. The van der Waals surface area contributed by atoms with Gasteiger partial charge in [0.15, 0.2) is 0 Å². The van der Waals surface area contributed by atoms with Gasteiger partial charge in [-0.05, 0) is 48.2 Å². The molecular formula is C22H25Cl3N2O3S2. The molecule has 3 rings (SSSR count). The molecule has 32 heavy (non-hydrogen) atoms. The zero-order valence-electron chi connectivity index (χ0n) is 17.4. The molecule has 2 aromatic carbocycles. The molecule has 0 radical (unpaired) electrons. The van der Waals surface area contributed by atoms with Gasteiger partial charge in [-0.25, -0.2) is 12.7 Å². The maximum absolute atomic E-state index is 12.8. The quantitative estimate of drug-likeness (QED) is 0.446. The number of amides is 1. The van der Waals surface area contributed by atoms with Crippen molar-refractivity contribution < 1.29 is 13.2 Å². The molecule has 0 aromatic heterocycles. The van der Waals surface area contributed by atoms with Crippen LogP contribution in [0.1, 0.15) is 24.0 Å². The number of benzene rings is 2. The number of thioether (sulfide) groups is 1. The van der Waals surface area contributed by atoms with Gasteiger partial charge in [0.2, 0.25) is 15.9 Å². The summed E-state index contributed by atoms with van der Waals surface area (Å²) in [6.07, 6.45) is 1.02. The summed E-state index contributed by atoms with van der Waals surface area (Å²) < 4.78 is 27.0. The van der Waals surface area contributed by atoms with Crippen molar-refractivity contribution in [3.8, 4) is 0 Å². The van der Waals surface area contributed by atoms with Gasteiger partial charge in [-0.15, -0.1) is 0 Å². The fourth-order valence-corrected chi connectivity index (χ4v) is 6.70. The Bertz CT molecular complexity index is 1040. The highest BCUT2D eigenvalue weighted by Crippen LogP contribution is 2.26. The summed E-state index contributed by atoms with van der Waals surface area (Å²) >= 11 is 19.7. The molecule has 174 valence electrons. The molecule has 0 spiro atoms. The van der Waals surface area contributed by atoms with Crippen LogP contribution in [0.4, 0.5) is 0 Å². The first-order valence-corrected chi connectivity index (χ1v) is 14.2. The van der Waals surface area contributed by atoms with Gasteiger partial charge in [0, 0.05) is 52.1 Å². The minimum atomic E-state index is -3.51. The van der Waals surface area contributed by atoms with Crippen molar-refractivity contribution in [2.75, 3.05) is 25.4 Å². The highest BCUT2D eigenvalue weighted by molar-refractivity contribution is 7.98. The molecule has 1 N–H and O–H groups in total. The first kappa shape index (κ1) is 25.7. The number of hydrogen-bond donors (Lipinski definition) is 1. The smallest absolute Gasteiger partial charge is 0.223 e. The third-order valence-corrected chi connectivity index (χ3v) is 8.95. The molecule has 0 aliphatic carbocycles. The van der Waals surface area contributed by atoms with E-state index in [0.717, 1.165) is 22.1 Å². The van der Waals surface area contributed by atoms with Crippen LogP contribution in [0.15, 0.2) is 42.5 Å². The Morgan fingerprint density at radius 1 is 1.06 bits per heavy atom. The molecule has 2 aromatic rings. The minimum Gasteiger partial charge on any atom is -0.355 e. The molecule has 1 heterocycles. The Balaban J connectivity index is 1.39. The zero-order valence-corrected chi connectivity index (χ0v) is 21.3. The van der Waals surface area contributed by atoms with Crippen LogP contribution in [0.2, 0.25) is 15.1 Å². The number of rotatable bonds is 9. The number of nitrogens with zero attached hydrogens (tertiary/aromatic N) is 1. The van der Waals surface area contributed by atoms with Crippen LogP contribution >= 0.6 is 46.6 Å². The van der Waals surface area contributed by atoms with Crippen LogP contribution in [-0.4, -0.2) is 44.0 Å². The van der Waals surface area contributed by atoms with Gasteiger partial charge in [0.25, 0.3) is 0 Å². The molecule has 10 heteroatoms. The van der Waals surface area contributed by atoms with Crippen LogP contribution in [0.3, 0.4) is 0 Å². The van der Waals surface area contributed by atoms with Gasteiger partial charge in [0.05, 0.1) is 5.75 Å². The van der Waals surface area contributed by atoms with E-state index in [0.29, 0.717) is 48.1 Å². The molecule has 1 aliphatic rings. The summed E-state index contributed by atoms with van der Waals surface area (Å²) in [5, 5.41) is 4.50. The van der Waals surface area contributed by atoms with Gasteiger partial charge in [-0.2, -0.15) is 11.8 Å². The summed E-state index contributed by atoms with van der Waals surface area (Å²) in [4.78, 5) is 12.5. The second-order valence-electron chi connectivity index (χ2n) is 7.64. The number of piperidine rings is 1. The van der Waals surface area contributed by atoms with Crippen molar-refractivity contribution in [3.05, 3.63) is 68.7 Å². The predicted octanol–water partition coefficient (Wildman–Crippen LogP) is 5.24. The van der Waals surface area contributed by atoms with E-state index in [4.69, 9.17) is 34.8 Å². The summed E-state index contributed by atoms with van der Waals surface area (Å²) in [7, 11) is -3.51. The van der Waals surface area contributed by atoms with Crippen LogP contribution in [-0.2, 0) is 26.3 Å². The van der Waals surface area contributed by atoms with Crippen molar-refractivity contribution in [1.82, 2.24) is 9.62 Å². The Labute approximate surface area is 208 Å². The molecule has 1 fully saturated rings. The van der Waals surface area contributed by atoms with E-state index in [1.165, 1.54) is 10.4 Å². The average Bonchev–Trinajstić information content (AvgIpc) is 2.75. The first-order valence-electron chi connectivity index (χ1n) is 10.3. The standard InChI is InChI=1S/C22H25Cl3N2O3S2/c23-19-3-1-2-16(12-19)14-31-11-8-26-22(28)17-6-9-27(10-7-17)32(29,30)15-18-4-5-20(24)13-21(18)25/h1-5,12-13,17H,6-11,14-15H2,(H,26,28). The highest BCUT2D eigenvalue weighted by atomic mass is 35.5. The number of nitrogens with one attached hydrogen (secondary N) is 1. The molecular weight excluding hydrogens is 511 g/mol. The third-order valence-electron chi connectivity index (χ3n) is 5.27. The highest BCUT2D eigenvalue weighted by Gasteiger charge is 2.31. The van der Waals surface area contributed by atoms with Crippen molar-refractivity contribution in [3.63, 3.8) is 0 Å². The van der Waals surface area contributed by atoms with Gasteiger partial charge >= 0.3 is 0 Å². The van der Waals surface area contributed by atoms with E-state index in [-0.39, 0.29) is 17.6 Å². The minimum absolute atomic E-state index is 0.00820. The Hall–Kier alpha value is -0.960. The summed E-state index contributed by atoms with van der Waals surface area (Å²) in [6.45, 7) is 1.24. The van der Waals surface area contributed by atoms with E-state index in [1.54, 1.807) is 23.9 Å². The molecule has 0 unspecified atom stereocenters. The number of carbonyl (C=O) groups is 1. The molecule has 0 saturated carbocycles. The third kappa shape index (κ3) is 7.54. The zero-order chi connectivity index (χ0) is 23.1. The first-order chi connectivity index (χ1) is 15.2. The number of carbonyl (C=O) groups excluding carboxylic acids is 1. The number of halogens is 3. The lowest BCUT2D eigenvalue weighted by molar-refractivity contribution is -0.125. The topological polar surface area (TPSA) is 66.5 Å². The van der Waals surface area contributed by atoms with Gasteiger partial charge in [-0.1, -0.05) is 53.0 Å². The van der Waals surface area contributed by atoms with E-state index in [9.17, 15) is 13.2 Å². The lowest BCUT2D eigenvalue weighted by Gasteiger charge is -2.30. The van der Waals surface area contributed by atoms with Crippen molar-refractivity contribution in [2.45, 2.75) is 24.3 Å². The monoisotopic (exact) mass is 534 g/mol. The molecule has 1 amide bonds. The fourth-order valence-electron chi connectivity index (χ4n) is 3.53. The Kier molecular flexibility index (Phi) is 9.58. The summed E-state index contributed by atoms with van der Waals surface area (Å²) in [6, 6.07) is 12.5. The van der Waals surface area contributed by atoms with Crippen LogP contribution in [0, 0.1) is 5.92 Å². The lowest BCUT2D eigenvalue weighted by atomic mass is 9.97. The predicted molar refractivity (Wildman–Crippen MR) is 134 cm³/mol. The molecule has 1 aliphatic heterocycles. The Morgan fingerprint density at radius 2 is 1.78 bits per heavy atom. The van der Waals surface area contributed by atoms with Crippen LogP contribution < -0.4 is 5.32 Å². The molecule has 5 nitrogen and oxygen atoms in total. The maximum Gasteiger partial charge on any atom is 0.223 e. The maximum atomic E-state index is 12.8. The van der Waals surface area contributed by atoms with Crippen LogP contribution in [0.5, 0.6) is 0 Å². The second kappa shape index (κ2) is 12.0. The van der Waals surface area contributed by atoms with Crippen LogP contribution in [0.25, 0.3) is 0 Å². The number of sulfonamides is 1. The van der Waals surface area contributed by atoms with Gasteiger partial charge < -0.3 is 5.32 Å². The average molecular weight is 536 g/mol. The van der Waals surface area contributed by atoms with Crippen molar-refractivity contribution in [1.29, 1.82) is 0 Å². The van der Waals surface area contributed by atoms with E-state index < -0.39 is 10.0 Å².